The zero-order chi connectivity index (χ0) is 38.3. The normalized spacial score (nSPS) is 15.0. The number of nitrogens with zero attached hydrogens (tertiary/aromatic N) is 2. The molecule has 278 valence electrons. The lowest BCUT2D eigenvalue weighted by Crippen LogP contribution is -2.11. The number of allylic oxidation sites excluding steroid dienone is 1. The monoisotopic (exact) mass is 758 g/mol. The first kappa shape index (κ1) is 31.6. The van der Waals surface area contributed by atoms with Gasteiger partial charge in [-0.2, -0.15) is 0 Å². The topological polar surface area (TPSA) is 49.3 Å². The number of benzene rings is 7. The molecule has 14 rings (SSSR count). The fraction of sp³-hybridized carbons (Fsp3) is 0.0741. The lowest BCUT2D eigenvalue weighted by molar-refractivity contribution is 0.550. The van der Waals surface area contributed by atoms with Gasteiger partial charge in [0.25, 0.3) is 0 Å². The molecule has 1 atom stereocenters. The number of furan rings is 3. The zero-order valence-corrected chi connectivity index (χ0v) is 31.9. The molecular formula is C54H34N2O3. The molecule has 5 heteroatoms. The van der Waals surface area contributed by atoms with Gasteiger partial charge in [-0.1, -0.05) is 91.0 Å². The fourth-order valence-corrected chi connectivity index (χ4v) is 10.6. The molecule has 5 heterocycles. The summed E-state index contributed by atoms with van der Waals surface area (Å²) in [6.45, 7) is 0. The Bertz CT molecular complexity index is 3730. The molecule has 0 N–H and O–H groups in total. The highest BCUT2D eigenvalue weighted by atomic mass is 16.4. The van der Waals surface area contributed by atoms with Gasteiger partial charge in [0.05, 0.1) is 16.6 Å². The molecule has 5 aromatic heterocycles. The molecule has 0 amide bonds. The molecule has 1 unspecified atom stereocenters. The van der Waals surface area contributed by atoms with Crippen molar-refractivity contribution in [2.45, 2.75) is 25.2 Å². The minimum absolute atomic E-state index is 0.0000239. The van der Waals surface area contributed by atoms with Gasteiger partial charge >= 0.3 is 0 Å². The predicted molar refractivity (Wildman–Crippen MR) is 239 cm³/mol. The summed E-state index contributed by atoms with van der Waals surface area (Å²) < 4.78 is 25.1. The molecule has 2 aliphatic rings. The maximum atomic E-state index is 6.99. The van der Waals surface area contributed by atoms with E-state index in [9.17, 15) is 0 Å². The van der Waals surface area contributed by atoms with E-state index in [1.165, 1.54) is 60.7 Å². The van der Waals surface area contributed by atoms with Gasteiger partial charge in [-0.05, 0) is 97.6 Å². The molecule has 0 radical (unpaired) electrons. The van der Waals surface area contributed by atoms with Gasteiger partial charge in [-0.15, -0.1) is 0 Å². The highest BCUT2D eigenvalue weighted by Gasteiger charge is 2.36. The summed E-state index contributed by atoms with van der Waals surface area (Å²) in [5.74, 6) is 1.64. The molecule has 5 nitrogen and oxygen atoms in total. The number of para-hydroxylation sites is 4. The lowest BCUT2D eigenvalue weighted by atomic mass is 9.79. The minimum Gasteiger partial charge on any atom is -0.456 e. The molecule has 0 saturated carbocycles. The van der Waals surface area contributed by atoms with Crippen LogP contribution in [0, 0.1) is 0 Å². The molecule has 12 aromatic rings. The van der Waals surface area contributed by atoms with Crippen molar-refractivity contribution in [3.63, 3.8) is 0 Å². The van der Waals surface area contributed by atoms with Crippen LogP contribution in [0.1, 0.15) is 40.3 Å². The summed E-state index contributed by atoms with van der Waals surface area (Å²) in [7, 11) is 0. The first-order valence-corrected chi connectivity index (χ1v) is 20.6. The predicted octanol–water partition coefficient (Wildman–Crippen LogP) is 14.4. The van der Waals surface area contributed by atoms with Crippen LogP contribution in [0.3, 0.4) is 0 Å². The van der Waals surface area contributed by atoms with E-state index in [0.717, 1.165) is 86.0 Å². The zero-order valence-electron chi connectivity index (χ0n) is 31.9. The van der Waals surface area contributed by atoms with Crippen LogP contribution in [0.5, 0.6) is 0 Å². The largest absolute Gasteiger partial charge is 0.456 e. The Labute approximate surface area is 337 Å². The Hall–Kier alpha value is -7.50. The smallest absolute Gasteiger partial charge is 0.174 e. The van der Waals surface area contributed by atoms with E-state index in [1.807, 2.05) is 6.07 Å². The quantitative estimate of drug-likeness (QED) is 0.180. The standard InChI is InChI=1S/C54H34N2O3/c1-6-16-44-34(11-1)35-12-2-7-17-45(35)55(44)32-22-25-50-41(28-32)42-30-39(31-21-24-49-40(27-31)38-15-5-10-20-48(38)57-49)52-43-29-33(23-26-51(43)59-54(52)53(42)58-50)56-46-18-8-3-13-36(46)37-14-4-9-19-47(37)56/h1-6,8-16,18-29,39H,7,17,30H2. The van der Waals surface area contributed by atoms with E-state index in [1.54, 1.807) is 0 Å². The van der Waals surface area contributed by atoms with Crippen molar-refractivity contribution in [2.24, 2.45) is 0 Å². The molecule has 0 saturated heterocycles. The van der Waals surface area contributed by atoms with Gasteiger partial charge in [-0.25, -0.2) is 0 Å². The Kier molecular flexibility index (Phi) is 6.18. The van der Waals surface area contributed by atoms with Crippen LogP contribution < -0.4 is 0 Å². The van der Waals surface area contributed by atoms with Crippen LogP contribution in [-0.4, -0.2) is 9.13 Å². The van der Waals surface area contributed by atoms with Crippen LogP contribution in [0.4, 0.5) is 0 Å². The van der Waals surface area contributed by atoms with E-state index >= 15 is 0 Å². The average Bonchev–Trinajstić information content (AvgIpc) is 4.10. The first-order valence-electron chi connectivity index (χ1n) is 20.6. The molecule has 2 aliphatic carbocycles. The number of hydrogen-bond acceptors (Lipinski definition) is 3. The number of fused-ring (bicyclic) bond motifs is 16. The molecular weight excluding hydrogens is 725 g/mol. The summed E-state index contributed by atoms with van der Waals surface area (Å²) in [5.41, 5.74) is 15.7. The Morgan fingerprint density at radius 2 is 1.05 bits per heavy atom. The Morgan fingerprint density at radius 1 is 0.458 bits per heavy atom. The third-order valence-electron chi connectivity index (χ3n) is 13.2. The summed E-state index contributed by atoms with van der Waals surface area (Å²) in [6.07, 6.45) is 7.42. The molecule has 0 fully saturated rings. The van der Waals surface area contributed by atoms with Gasteiger partial charge in [0.1, 0.15) is 22.3 Å². The van der Waals surface area contributed by atoms with E-state index in [2.05, 4.69) is 167 Å². The Balaban J connectivity index is 1.02. The highest BCUT2D eigenvalue weighted by Crippen LogP contribution is 2.52. The van der Waals surface area contributed by atoms with E-state index in [0.29, 0.717) is 0 Å². The number of hydrogen-bond donors (Lipinski definition) is 0. The summed E-state index contributed by atoms with van der Waals surface area (Å²) in [5, 5.41) is 8.27. The van der Waals surface area contributed by atoms with Crippen LogP contribution >= 0.6 is 0 Å². The molecule has 0 spiro atoms. The second-order valence-electron chi connectivity index (χ2n) is 16.2. The summed E-state index contributed by atoms with van der Waals surface area (Å²) >= 11 is 0. The van der Waals surface area contributed by atoms with Crippen molar-refractivity contribution in [1.29, 1.82) is 0 Å². The maximum absolute atomic E-state index is 6.99. The minimum atomic E-state index is -0.0000239. The lowest BCUT2D eigenvalue weighted by Gasteiger charge is -2.23. The molecule has 59 heavy (non-hydrogen) atoms. The number of rotatable bonds is 3. The molecule has 0 aliphatic heterocycles. The second-order valence-corrected chi connectivity index (χ2v) is 16.2. The maximum Gasteiger partial charge on any atom is 0.174 e. The van der Waals surface area contributed by atoms with Crippen molar-refractivity contribution in [2.75, 3.05) is 0 Å². The third-order valence-corrected chi connectivity index (χ3v) is 13.2. The van der Waals surface area contributed by atoms with Gasteiger partial charge in [-0.3, -0.25) is 0 Å². The Morgan fingerprint density at radius 3 is 1.85 bits per heavy atom. The van der Waals surface area contributed by atoms with Crippen molar-refractivity contribution >= 4 is 82.7 Å². The second kappa shape index (κ2) is 11.6. The number of aromatic nitrogens is 2. The first-order chi connectivity index (χ1) is 29.2. The third kappa shape index (κ3) is 4.28. The van der Waals surface area contributed by atoms with Crippen LogP contribution in [0.15, 0.2) is 171 Å². The molecule has 7 aromatic carbocycles. The van der Waals surface area contributed by atoms with E-state index < -0.39 is 0 Å². The van der Waals surface area contributed by atoms with E-state index in [-0.39, 0.29) is 5.92 Å². The molecule has 0 bridgehead atoms. The van der Waals surface area contributed by atoms with Crippen molar-refractivity contribution < 1.29 is 13.3 Å². The summed E-state index contributed by atoms with van der Waals surface area (Å²) in [4.78, 5) is 0. The van der Waals surface area contributed by atoms with Crippen LogP contribution in [0.25, 0.3) is 106 Å². The SMILES string of the molecule is C1=Cc2c(n(-c3ccc4oc5c(c4c3)CC(c3ccc4oc6ccccc6c4c3)c3c-5oc4ccc(-n5c6ccccc6c6ccccc65)cc34)c3ccccc23)CC1. The summed E-state index contributed by atoms with van der Waals surface area (Å²) in [6, 6.07) is 54.6. The van der Waals surface area contributed by atoms with Crippen molar-refractivity contribution in [3.05, 3.63) is 186 Å². The van der Waals surface area contributed by atoms with Crippen molar-refractivity contribution in [1.82, 2.24) is 9.13 Å². The van der Waals surface area contributed by atoms with E-state index in [4.69, 9.17) is 13.3 Å². The van der Waals surface area contributed by atoms with Gasteiger partial charge < -0.3 is 22.4 Å². The highest BCUT2D eigenvalue weighted by molar-refractivity contribution is 6.10. The van der Waals surface area contributed by atoms with Gasteiger partial charge in [0, 0.05) is 77.4 Å². The van der Waals surface area contributed by atoms with Crippen molar-refractivity contribution in [3.8, 4) is 22.9 Å². The fourth-order valence-electron chi connectivity index (χ4n) is 10.6. The van der Waals surface area contributed by atoms with Crippen LogP contribution in [0.2, 0.25) is 0 Å². The van der Waals surface area contributed by atoms with Crippen LogP contribution in [-0.2, 0) is 12.8 Å². The van der Waals surface area contributed by atoms with Gasteiger partial charge in [0.15, 0.2) is 11.5 Å². The average molecular weight is 759 g/mol. The van der Waals surface area contributed by atoms with Gasteiger partial charge in [0.2, 0.25) is 0 Å².